The minimum Gasteiger partial charge on any atom is -0.508 e. The SMILES string of the molecule is C=CC(=O)NCc1cc(CNC(=O)C(CC(C)(CC)CC)C(C)(C)CC)ccc1O. The van der Waals surface area contributed by atoms with Crippen molar-refractivity contribution < 1.29 is 14.7 Å². The third kappa shape index (κ3) is 7.19. The molecule has 0 aliphatic heterocycles. The summed E-state index contributed by atoms with van der Waals surface area (Å²) in [5.74, 6) is -0.186. The van der Waals surface area contributed by atoms with Gasteiger partial charge in [-0.15, -0.1) is 0 Å². The molecule has 0 radical (unpaired) electrons. The molecule has 0 aromatic heterocycles. The van der Waals surface area contributed by atoms with Crippen molar-refractivity contribution in [3.8, 4) is 5.75 Å². The van der Waals surface area contributed by atoms with Crippen molar-refractivity contribution in [2.75, 3.05) is 0 Å². The molecule has 1 rings (SSSR count). The first kappa shape index (κ1) is 25.7. The van der Waals surface area contributed by atoms with Crippen molar-refractivity contribution in [3.63, 3.8) is 0 Å². The van der Waals surface area contributed by atoms with E-state index < -0.39 is 0 Å². The van der Waals surface area contributed by atoms with Crippen molar-refractivity contribution in [1.82, 2.24) is 10.6 Å². The molecule has 168 valence electrons. The maximum absolute atomic E-state index is 13.2. The Hall–Kier alpha value is -2.30. The van der Waals surface area contributed by atoms with Gasteiger partial charge in [0.1, 0.15) is 5.75 Å². The first-order chi connectivity index (χ1) is 14.0. The highest BCUT2D eigenvalue weighted by Gasteiger charge is 2.38. The van der Waals surface area contributed by atoms with Crippen LogP contribution in [-0.4, -0.2) is 16.9 Å². The fraction of sp³-hybridized carbons (Fsp3) is 0.600. The van der Waals surface area contributed by atoms with Crippen molar-refractivity contribution in [2.45, 2.75) is 80.3 Å². The van der Waals surface area contributed by atoms with Crippen LogP contribution < -0.4 is 10.6 Å². The zero-order valence-electron chi connectivity index (χ0n) is 19.6. The second kappa shape index (κ2) is 11.2. The third-order valence-electron chi connectivity index (χ3n) is 6.82. The van der Waals surface area contributed by atoms with Gasteiger partial charge >= 0.3 is 0 Å². The van der Waals surface area contributed by atoms with Crippen LogP contribution in [0.1, 0.15) is 78.4 Å². The van der Waals surface area contributed by atoms with Crippen molar-refractivity contribution in [3.05, 3.63) is 42.0 Å². The van der Waals surface area contributed by atoms with E-state index >= 15 is 0 Å². The zero-order chi connectivity index (χ0) is 22.9. The van der Waals surface area contributed by atoms with Crippen LogP contribution in [0, 0.1) is 16.7 Å². The number of hydrogen-bond acceptors (Lipinski definition) is 3. The minimum absolute atomic E-state index is 0.0733. The summed E-state index contributed by atoms with van der Waals surface area (Å²) in [5, 5.41) is 15.8. The Morgan fingerprint density at radius 1 is 1.07 bits per heavy atom. The summed E-state index contributed by atoms with van der Waals surface area (Å²) in [6.45, 7) is 17.1. The molecule has 0 saturated heterocycles. The Morgan fingerprint density at radius 2 is 1.70 bits per heavy atom. The lowest BCUT2D eigenvalue weighted by Crippen LogP contribution is -2.41. The van der Waals surface area contributed by atoms with E-state index in [1.807, 2.05) is 0 Å². The summed E-state index contributed by atoms with van der Waals surface area (Å²) in [7, 11) is 0. The van der Waals surface area contributed by atoms with E-state index in [0.29, 0.717) is 12.1 Å². The van der Waals surface area contributed by atoms with Crippen LogP contribution in [0.4, 0.5) is 0 Å². The van der Waals surface area contributed by atoms with Crippen LogP contribution in [0.25, 0.3) is 0 Å². The molecule has 5 nitrogen and oxygen atoms in total. The fourth-order valence-electron chi connectivity index (χ4n) is 3.46. The number of phenols is 1. The summed E-state index contributed by atoms with van der Waals surface area (Å²) in [5.41, 5.74) is 1.53. The Labute approximate surface area is 182 Å². The largest absolute Gasteiger partial charge is 0.508 e. The highest BCUT2D eigenvalue weighted by molar-refractivity contribution is 5.86. The number of benzene rings is 1. The Bertz CT molecular complexity index is 736. The first-order valence-corrected chi connectivity index (χ1v) is 11.0. The molecule has 1 unspecified atom stereocenters. The topological polar surface area (TPSA) is 78.4 Å². The normalized spacial score (nSPS) is 12.9. The molecular formula is C25H40N2O3. The van der Waals surface area contributed by atoms with Crippen LogP contribution in [0.5, 0.6) is 5.75 Å². The second-order valence-corrected chi connectivity index (χ2v) is 9.22. The third-order valence-corrected chi connectivity index (χ3v) is 6.82. The number of phenolic OH excluding ortho intramolecular Hbond substituents is 1. The van der Waals surface area contributed by atoms with Gasteiger partial charge in [-0.05, 0) is 41.0 Å². The standard InChI is InChI=1S/C25H40N2O3/c1-8-22(29)26-17-19-14-18(12-13-21(19)28)16-27-23(30)20(24(5,6)9-2)15-25(7,10-3)11-4/h8,12-14,20,28H,1,9-11,15-17H2,2-7H3,(H,26,29)(H,27,30). The fourth-order valence-corrected chi connectivity index (χ4v) is 3.46. The van der Waals surface area contributed by atoms with Gasteiger partial charge in [-0.3, -0.25) is 9.59 Å². The number of carbonyl (C=O) groups excluding carboxylic acids is 2. The van der Waals surface area contributed by atoms with E-state index in [2.05, 4.69) is 58.8 Å². The van der Waals surface area contributed by atoms with Crippen LogP contribution in [-0.2, 0) is 22.7 Å². The van der Waals surface area contributed by atoms with Gasteiger partial charge in [0.05, 0.1) is 0 Å². The van der Waals surface area contributed by atoms with Gasteiger partial charge in [0, 0.05) is 24.6 Å². The average molecular weight is 417 g/mol. The molecular weight excluding hydrogens is 376 g/mol. The number of hydrogen-bond donors (Lipinski definition) is 3. The number of aromatic hydroxyl groups is 1. The average Bonchev–Trinajstić information content (AvgIpc) is 2.75. The van der Waals surface area contributed by atoms with Gasteiger partial charge in [-0.25, -0.2) is 0 Å². The predicted octanol–water partition coefficient (Wildman–Crippen LogP) is 5.08. The summed E-state index contributed by atoms with van der Waals surface area (Å²) in [4.78, 5) is 24.6. The lowest BCUT2D eigenvalue weighted by Gasteiger charge is -2.39. The van der Waals surface area contributed by atoms with E-state index in [1.165, 1.54) is 6.08 Å². The monoisotopic (exact) mass is 416 g/mol. The molecule has 0 fully saturated rings. The predicted molar refractivity (Wildman–Crippen MR) is 123 cm³/mol. The van der Waals surface area contributed by atoms with E-state index in [9.17, 15) is 14.7 Å². The molecule has 1 aromatic rings. The summed E-state index contributed by atoms with van der Waals surface area (Å²) < 4.78 is 0. The Balaban J connectivity index is 2.93. The number of rotatable bonds is 12. The van der Waals surface area contributed by atoms with Gasteiger partial charge < -0.3 is 15.7 Å². The lowest BCUT2D eigenvalue weighted by atomic mass is 9.66. The second-order valence-electron chi connectivity index (χ2n) is 9.22. The smallest absolute Gasteiger partial charge is 0.243 e. The van der Waals surface area contributed by atoms with E-state index in [-0.39, 0.29) is 40.9 Å². The van der Waals surface area contributed by atoms with E-state index in [4.69, 9.17) is 0 Å². The number of carbonyl (C=O) groups is 2. The summed E-state index contributed by atoms with van der Waals surface area (Å²) in [6, 6.07) is 5.19. The number of nitrogens with one attached hydrogen (secondary N) is 2. The molecule has 30 heavy (non-hydrogen) atoms. The molecule has 0 aliphatic carbocycles. The van der Waals surface area contributed by atoms with Gasteiger partial charge in [-0.2, -0.15) is 0 Å². The van der Waals surface area contributed by atoms with Crippen molar-refractivity contribution in [2.24, 2.45) is 16.7 Å². The molecule has 0 saturated carbocycles. The maximum atomic E-state index is 13.2. The van der Waals surface area contributed by atoms with Crippen LogP contribution in [0.3, 0.4) is 0 Å². The highest BCUT2D eigenvalue weighted by atomic mass is 16.3. The maximum Gasteiger partial charge on any atom is 0.243 e. The van der Waals surface area contributed by atoms with Crippen molar-refractivity contribution in [1.29, 1.82) is 0 Å². The molecule has 0 heterocycles. The van der Waals surface area contributed by atoms with Crippen LogP contribution >= 0.6 is 0 Å². The quantitative estimate of drug-likeness (QED) is 0.416. The Kier molecular flexibility index (Phi) is 9.60. The molecule has 0 bridgehead atoms. The van der Waals surface area contributed by atoms with E-state index in [1.54, 1.807) is 18.2 Å². The number of amides is 2. The molecule has 0 spiro atoms. The first-order valence-electron chi connectivity index (χ1n) is 11.0. The summed E-state index contributed by atoms with van der Waals surface area (Å²) in [6.07, 6.45) is 5.08. The summed E-state index contributed by atoms with van der Waals surface area (Å²) >= 11 is 0. The zero-order valence-corrected chi connectivity index (χ0v) is 19.6. The Morgan fingerprint density at radius 3 is 2.23 bits per heavy atom. The molecule has 2 amide bonds. The van der Waals surface area contributed by atoms with Crippen LogP contribution in [0.15, 0.2) is 30.9 Å². The molecule has 3 N–H and O–H groups in total. The van der Waals surface area contributed by atoms with Crippen molar-refractivity contribution >= 4 is 11.8 Å². The van der Waals surface area contributed by atoms with Crippen LogP contribution in [0.2, 0.25) is 0 Å². The highest BCUT2D eigenvalue weighted by Crippen LogP contribution is 2.42. The molecule has 5 heteroatoms. The molecule has 0 aliphatic rings. The van der Waals surface area contributed by atoms with Gasteiger partial charge in [0.25, 0.3) is 0 Å². The molecule has 1 atom stereocenters. The van der Waals surface area contributed by atoms with Gasteiger partial charge in [0.15, 0.2) is 0 Å². The van der Waals surface area contributed by atoms with E-state index in [0.717, 1.165) is 31.2 Å². The lowest BCUT2D eigenvalue weighted by molar-refractivity contribution is -0.130. The van der Waals surface area contributed by atoms with Gasteiger partial charge in [0.2, 0.25) is 11.8 Å². The minimum atomic E-state index is -0.298. The van der Waals surface area contributed by atoms with Gasteiger partial charge in [-0.1, -0.05) is 73.5 Å². The molecule has 1 aromatic carbocycles.